The molecule has 0 N–H and O–H groups in total. The molecular weight excluding hydrogens is 428 g/mol. The van der Waals surface area contributed by atoms with Crippen molar-refractivity contribution in [3.8, 4) is 11.5 Å². The van der Waals surface area contributed by atoms with Gasteiger partial charge in [-0.1, -0.05) is 18.2 Å². The minimum Gasteiger partial charge on any atom is -0.490 e. The van der Waals surface area contributed by atoms with E-state index in [0.29, 0.717) is 50.6 Å². The van der Waals surface area contributed by atoms with Gasteiger partial charge < -0.3 is 14.4 Å². The van der Waals surface area contributed by atoms with Gasteiger partial charge >= 0.3 is 0 Å². The zero-order chi connectivity index (χ0) is 22.3. The van der Waals surface area contributed by atoms with Gasteiger partial charge in [0, 0.05) is 43.2 Å². The molecule has 0 aliphatic carbocycles. The number of carbonyl (C=O) groups is 1. The number of hydrogen-bond donors (Lipinski definition) is 0. The maximum Gasteiger partial charge on any atom is 0.243 e. The summed E-state index contributed by atoms with van der Waals surface area (Å²) < 4.78 is 39.2. The zero-order valence-corrected chi connectivity index (χ0v) is 19.0. The Balaban J connectivity index is 1.28. The number of hydrogen-bond acceptors (Lipinski definition) is 5. The molecule has 1 atom stereocenters. The Kier molecular flexibility index (Phi) is 5.59. The van der Waals surface area contributed by atoms with Gasteiger partial charge in [0.25, 0.3) is 0 Å². The summed E-state index contributed by atoms with van der Waals surface area (Å²) in [6.45, 7) is 3.79. The van der Waals surface area contributed by atoms with Gasteiger partial charge in [-0.05, 0) is 49.9 Å². The van der Waals surface area contributed by atoms with Crippen LogP contribution in [-0.2, 0) is 21.2 Å². The van der Waals surface area contributed by atoms with Crippen LogP contribution in [0.1, 0.15) is 31.7 Å². The highest BCUT2D eigenvalue weighted by Crippen LogP contribution is 2.36. The minimum absolute atomic E-state index is 0.107. The SMILES string of the molecule is C[C@H]1Cc2ccccc2N1C(=O)C1CCN(S(=O)(=O)c2ccc3c(c2)OCCCO3)CC1. The van der Waals surface area contributed by atoms with Crippen LogP contribution >= 0.6 is 0 Å². The minimum atomic E-state index is -3.66. The average molecular weight is 457 g/mol. The molecule has 32 heavy (non-hydrogen) atoms. The first-order chi connectivity index (χ1) is 15.4. The Morgan fingerprint density at radius 1 is 1.00 bits per heavy atom. The molecule has 170 valence electrons. The first-order valence-corrected chi connectivity index (χ1v) is 12.7. The second-order valence-corrected chi connectivity index (χ2v) is 10.7. The summed E-state index contributed by atoms with van der Waals surface area (Å²) in [7, 11) is -3.66. The molecule has 1 amide bonds. The number of piperidine rings is 1. The van der Waals surface area contributed by atoms with Crippen LogP contribution in [-0.4, -0.2) is 51.0 Å². The predicted octanol–water partition coefficient (Wildman–Crippen LogP) is 3.23. The molecule has 1 saturated heterocycles. The fourth-order valence-electron chi connectivity index (χ4n) is 4.89. The number of benzene rings is 2. The van der Waals surface area contributed by atoms with E-state index in [2.05, 4.69) is 13.0 Å². The van der Waals surface area contributed by atoms with Crippen LogP contribution in [0.25, 0.3) is 0 Å². The van der Waals surface area contributed by atoms with Gasteiger partial charge in [0.05, 0.1) is 18.1 Å². The molecule has 0 radical (unpaired) electrons. The molecule has 0 spiro atoms. The van der Waals surface area contributed by atoms with Crippen LogP contribution in [0.15, 0.2) is 47.4 Å². The van der Waals surface area contributed by atoms with Gasteiger partial charge in [0.15, 0.2) is 11.5 Å². The number of carbonyl (C=O) groups excluding carboxylic acids is 1. The summed E-state index contributed by atoms with van der Waals surface area (Å²) in [6.07, 6.45) is 2.67. The fraction of sp³-hybridized carbons (Fsp3) is 0.458. The second kappa shape index (κ2) is 8.41. The standard InChI is InChI=1S/C24H28N2O5S/c1-17-15-19-5-2-3-6-21(19)26(17)24(27)18-9-11-25(12-10-18)32(28,29)20-7-8-22-23(16-20)31-14-4-13-30-22/h2-3,5-8,16-18H,4,9-15H2,1H3/t17-/m0/s1. The van der Waals surface area contributed by atoms with Crippen LogP contribution < -0.4 is 14.4 Å². The summed E-state index contributed by atoms with van der Waals surface area (Å²) in [5, 5.41) is 0. The molecule has 3 aliphatic heterocycles. The van der Waals surface area contributed by atoms with E-state index >= 15 is 0 Å². The third-order valence-electron chi connectivity index (χ3n) is 6.60. The highest BCUT2D eigenvalue weighted by atomic mass is 32.2. The number of sulfonamides is 1. The first kappa shape index (κ1) is 21.3. The molecule has 3 aliphatic rings. The number of anilines is 1. The molecule has 0 saturated carbocycles. The maximum atomic E-state index is 13.3. The quantitative estimate of drug-likeness (QED) is 0.709. The number of nitrogens with zero attached hydrogens (tertiary/aromatic N) is 2. The summed E-state index contributed by atoms with van der Waals surface area (Å²) in [6, 6.07) is 13.0. The van der Waals surface area contributed by atoms with E-state index in [-0.39, 0.29) is 22.8 Å². The Bertz CT molecular complexity index is 1120. The summed E-state index contributed by atoms with van der Waals surface area (Å²) in [5.41, 5.74) is 2.19. The van der Waals surface area contributed by atoms with Gasteiger partial charge in [0.2, 0.25) is 15.9 Å². The van der Waals surface area contributed by atoms with Gasteiger partial charge in [0.1, 0.15) is 0 Å². The Morgan fingerprint density at radius 2 is 1.72 bits per heavy atom. The van der Waals surface area contributed by atoms with Crippen molar-refractivity contribution in [3.63, 3.8) is 0 Å². The molecule has 2 aromatic rings. The van der Waals surface area contributed by atoms with Crippen LogP contribution in [0.4, 0.5) is 5.69 Å². The lowest BCUT2D eigenvalue weighted by Crippen LogP contribution is -2.46. The Morgan fingerprint density at radius 3 is 2.50 bits per heavy atom. The lowest BCUT2D eigenvalue weighted by Gasteiger charge is -2.34. The number of ether oxygens (including phenoxy) is 2. The van der Waals surface area contributed by atoms with Crippen LogP contribution in [0.2, 0.25) is 0 Å². The van der Waals surface area contributed by atoms with E-state index in [4.69, 9.17) is 9.47 Å². The normalized spacial score (nSPS) is 21.8. The van der Waals surface area contributed by atoms with E-state index in [1.54, 1.807) is 18.2 Å². The first-order valence-electron chi connectivity index (χ1n) is 11.3. The van der Waals surface area contributed by atoms with Crippen LogP contribution in [0.3, 0.4) is 0 Å². The summed E-state index contributed by atoms with van der Waals surface area (Å²) in [5.74, 6) is 0.981. The van der Waals surface area contributed by atoms with Crippen molar-refractivity contribution < 1.29 is 22.7 Å². The molecule has 1 fully saturated rings. The molecule has 3 heterocycles. The van der Waals surface area contributed by atoms with Crippen molar-refractivity contribution in [1.29, 1.82) is 0 Å². The van der Waals surface area contributed by atoms with E-state index in [9.17, 15) is 13.2 Å². The van der Waals surface area contributed by atoms with Crippen LogP contribution in [0.5, 0.6) is 11.5 Å². The molecule has 0 aromatic heterocycles. The van der Waals surface area contributed by atoms with Gasteiger partial charge in [-0.2, -0.15) is 4.31 Å². The largest absolute Gasteiger partial charge is 0.490 e. The van der Waals surface area contributed by atoms with Crippen molar-refractivity contribution in [2.45, 2.75) is 43.5 Å². The van der Waals surface area contributed by atoms with E-state index in [0.717, 1.165) is 18.5 Å². The monoisotopic (exact) mass is 456 g/mol. The molecule has 0 unspecified atom stereocenters. The lowest BCUT2D eigenvalue weighted by atomic mass is 9.96. The van der Waals surface area contributed by atoms with Gasteiger partial charge in [-0.25, -0.2) is 8.42 Å². The molecular formula is C24H28N2O5S. The third kappa shape index (κ3) is 3.75. The number of rotatable bonds is 3. The maximum absolute atomic E-state index is 13.3. The molecule has 5 rings (SSSR count). The smallest absolute Gasteiger partial charge is 0.243 e. The van der Waals surface area contributed by atoms with E-state index in [1.807, 2.05) is 23.1 Å². The van der Waals surface area contributed by atoms with Crippen molar-refractivity contribution >= 4 is 21.6 Å². The molecule has 7 nitrogen and oxygen atoms in total. The van der Waals surface area contributed by atoms with Crippen molar-refractivity contribution in [1.82, 2.24) is 4.31 Å². The van der Waals surface area contributed by atoms with Crippen LogP contribution in [0, 0.1) is 5.92 Å². The van der Waals surface area contributed by atoms with Gasteiger partial charge in [-0.15, -0.1) is 0 Å². The lowest BCUT2D eigenvalue weighted by molar-refractivity contribution is -0.123. The van der Waals surface area contributed by atoms with Crippen molar-refractivity contribution in [3.05, 3.63) is 48.0 Å². The Labute approximate surface area is 189 Å². The molecule has 0 bridgehead atoms. The van der Waals surface area contributed by atoms with Gasteiger partial charge in [-0.3, -0.25) is 4.79 Å². The van der Waals surface area contributed by atoms with Crippen molar-refractivity contribution in [2.24, 2.45) is 5.92 Å². The second-order valence-electron chi connectivity index (χ2n) is 8.73. The zero-order valence-electron chi connectivity index (χ0n) is 18.2. The highest BCUT2D eigenvalue weighted by molar-refractivity contribution is 7.89. The molecule has 2 aromatic carbocycles. The van der Waals surface area contributed by atoms with E-state index in [1.165, 1.54) is 9.87 Å². The predicted molar refractivity (Wildman–Crippen MR) is 121 cm³/mol. The van der Waals surface area contributed by atoms with E-state index < -0.39 is 10.0 Å². The number of fused-ring (bicyclic) bond motifs is 2. The summed E-state index contributed by atoms with van der Waals surface area (Å²) >= 11 is 0. The highest BCUT2D eigenvalue weighted by Gasteiger charge is 2.38. The fourth-order valence-corrected chi connectivity index (χ4v) is 6.38. The molecule has 8 heteroatoms. The summed E-state index contributed by atoms with van der Waals surface area (Å²) in [4.78, 5) is 15.4. The number of para-hydroxylation sites is 1. The van der Waals surface area contributed by atoms with Crippen molar-refractivity contribution in [2.75, 3.05) is 31.2 Å². The third-order valence-corrected chi connectivity index (χ3v) is 8.50. The average Bonchev–Trinajstić information content (AvgIpc) is 2.97. The Hall–Kier alpha value is -2.58. The number of amides is 1. The topological polar surface area (TPSA) is 76.2 Å².